The van der Waals surface area contributed by atoms with Gasteiger partial charge in [-0.25, -0.2) is 13.1 Å². The number of halogens is 1. The lowest BCUT2D eigenvalue weighted by Gasteiger charge is -2.15. The van der Waals surface area contributed by atoms with Crippen molar-refractivity contribution >= 4 is 31.6 Å². The quantitative estimate of drug-likeness (QED) is 0.802. The van der Waals surface area contributed by atoms with Crippen molar-refractivity contribution in [1.29, 1.82) is 0 Å². The van der Waals surface area contributed by atoms with Crippen LogP contribution in [0.25, 0.3) is 0 Å². The third-order valence-electron chi connectivity index (χ3n) is 3.10. The van der Waals surface area contributed by atoms with Gasteiger partial charge in [0, 0.05) is 21.8 Å². The molecule has 0 radical (unpaired) electrons. The molecule has 0 aliphatic carbocycles. The lowest BCUT2D eigenvalue weighted by Crippen LogP contribution is -2.27. The van der Waals surface area contributed by atoms with Gasteiger partial charge in [0.05, 0.1) is 10.6 Å². The zero-order valence-corrected chi connectivity index (χ0v) is 14.2. The molecule has 1 aromatic carbocycles. The zero-order chi connectivity index (χ0) is 15.8. The largest absolute Gasteiger partial charge is 0.399 e. The number of nitrogen functional groups attached to an aromatic ring is 1. The molecule has 1 heterocycles. The van der Waals surface area contributed by atoms with Crippen molar-refractivity contribution in [3.63, 3.8) is 0 Å². The van der Waals surface area contributed by atoms with Crippen LogP contribution < -0.4 is 10.5 Å². The third kappa shape index (κ3) is 3.28. The number of aryl methyl sites for hydroxylation is 2. The molecule has 0 fully saturated rings. The molecular formula is C13H16BrN3O3S. The highest BCUT2D eigenvalue weighted by molar-refractivity contribution is 9.10. The fourth-order valence-electron chi connectivity index (χ4n) is 2.19. The van der Waals surface area contributed by atoms with Crippen molar-refractivity contribution in [3.05, 3.63) is 39.7 Å². The van der Waals surface area contributed by atoms with Gasteiger partial charge in [0.25, 0.3) is 0 Å². The summed E-state index contributed by atoms with van der Waals surface area (Å²) in [6, 6.07) is 4.17. The highest BCUT2D eigenvalue weighted by atomic mass is 79.9. The van der Waals surface area contributed by atoms with E-state index in [4.69, 9.17) is 10.3 Å². The molecule has 0 amide bonds. The maximum Gasteiger partial charge on any atom is 0.242 e. The van der Waals surface area contributed by atoms with Crippen LogP contribution in [0.2, 0.25) is 0 Å². The van der Waals surface area contributed by atoms with Crippen LogP contribution in [0.1, 0.15) is 30.0 Å². The molecule has 21 heavy (non-hydrogen) atoms. The molecular weight excluding hydrogens is 358 g/mol. The van der Waals surface area contributed by atoms with Gasteiger partial charge in [-0.3, -0.25) is 0 Å². The molecule has 0 saturated carbocycles. The van der Waals surface area contributed by atoms with Gasteiger partial charge in [-0.1, -0.05) is 5.16 Å². The van der Waals surface area contributed by atoms with Crippen molar-refractivity contribution in [2.24, 2.45) is 0 Å². The molecule has 3 N–H and O–H groups in total. The van der Waals surface area contributed by atoms with E-state index >= 15 is 0 Å². The lowest BCUT2D eigenvalue weighted by molar-refractivity contribution is 0.391. The number of rotatable bonds is 4. The maximum absolute atomic E-state index is 12.5. The summed E-state index contributed by atoms with van der Waals surface area (Å²) in [5.74, 6) is 0.592. The van der Waals surface area contributed by atoms with E-state index in [-0.39, 0.29) is 4.90 Å². The Hall–Kier alpha value is -1.38. The van der Waals surface area contributed by atoms with Gasteiger partial charge in [-0.2, -0.15) is 0 Å². The molecule has 8 heteroatoms. The number of nitrogens with zero attached hydrogens (tertiary/aromatic N) is 1. The Morgan fingerprint density at radius 1 is 1.38 bits per heavy atom. The van der Waals surface area contributed by atoms with E-state index in [1.807, 2.05) is 0 Å². The second-order valence-corrected chi connectivity index (χ2v) is 7.31. The van der Waals surface area contributed by atoms with E-state index in [1.165, 1.54) is 6.07 Å². The predicted molar refractivity (Wildman–Crippen MR) is 83.3 cm³/mol. The minimum Gasteiger partial charge on any atom is -0.399 e. The van der Waals surface area contributed by atoms with Crippen molar-refractivity contribution in [2.75, 3.05) is 5.73 Å². The van der Waals surface area contributed by atoms with Crippen molar-refractivity contribution in [1.82, 2.24) is 9.88 Å². The van der Waals surface area contributed by atoms with Gasteiger partial charge in [0.15, 0.2) is 0 Å². The first-order valence-electron chi connectivity index (χ1n) is 6.22. The van der Waals surface area contributed by atoms with Gasteiger partial charge in [-0.15, -0.1) is 0 Å². The molecule has 2 rings (SSSR count). The molecule has 6 nitrogen and oxygen atoms in total. The van der Waals surface area contributed by atoms with Crippen LogP contribution in [0.15, 0.2) is 32.1 Å². The average molecular weight is 374 g/mol. The van der Waals surface area contributed by atoms with Gasteiger partial charge in [-0.05, 0) is 54.9 Å². The number of anilines is 1. The highest BCUT2D eigenvalue weighted by Crippen LogP contribution is 2.27. The van der Waals surface area contributed by atoms with Gasteiger partial charge in [0.1, 0.15) is 5.76 Å². The first-order chi connectivity index (χ1) is 9.72. The Morgan fingerprint density at radius 2 is 2.05 bits per heavy atom. The van der Waals surface area contributed by atoms with E-state index in [0.29, 0.717) is 21.6 Å². The summed E-state index contributed by atoms with van der Waals surface area (Å²) in [4.78, 5) is 0.0983. The van der Waals surface area contributed by atoms with E-state index in [2.05, 4.69) is 25.8 Å². The molecule has 1 unspecified atom stereocenters. The molecule has 1 aromatic heterocycles. The van der Waals surface area contributed by atoms with Crippen molar-refractivity contribution in [2.45, 2.75) is 31.7 Å². The number of hydrogen-bond donors (Lipinski definition) is 2. The predicted octanol–water partition coefficient (Wildman–Crippen LogP) is 2.68. The second kappa shape index (κ2) is 5.78. The number of nitrogens with one attached hydrogen (secondary N) is 1. The van der Waals surface area contributed by atoms with Crippen LogP contribution in [-0.4, -0.2) is 13.6 Å². The van der Waals surface area contributed by atoms with Crippen LogP contribution in [0.4, 0.5) is 5.69 Å². The van der Waals surface area contributed by atoms with Crippen molar-refractivity contribution < 1.29 is 12.9 Å². The molecule has 0 aliphatic rings. The first kappa shape index (κ1) is 16.0. The summed E-state index contributed by atoms with van der Waals surface area (Å²) < 4.78 is 33.1. The Labute approximate surface area is 131 Å². The summed E-state index contributed by atoms with van der Waals surface area (Å²) in [7, 11) is -3.72. The zero-order valence-electron chi connectivity index (χ0n) is 11.8. The number of hydrogen-bond acceptors (Lipinski definition) is 5. The number of nitrogens with two attached hydrogens (primary N) is 1. The van der Waals surface area contributed by atoms with Crippen molar-refractivity contribution in [3.8, 4) is 0 Å². The summed E-state index contributed by atoms with van der Waals surface area (Å²) >= 11 is 3.23. The van der Waals surface area contributed by atoms with Gasteiger partial charge >= 0.3 is 0 Å². The molecule has 0 bridgehead atoms. The second-order valence-electron chi connectivity index (χ2n) is 4.77. The molecule has 0 aliphatic heterocycles. The molecule has 114 valence electrons. The fraction of sp³-hybridized carbons (Fsp3) is 0.308. The van der Waals surface area contributed by atoms with Gasteiger partial charge in [0.2, 0.25) is 10.0 Å². The standard InChI is InChI=1S/C13H16BrN3O3S/c1-7-13(9(3)20-16-7)8(2)17-21(18,19)12-6-10(15)4-5-11(12)14/h4-6,8,17H,15H2,1-3H3. The van der Waals surface area contributed by atoms with E-state index in [1.54, 1.807) is 32.9 Å². The Morgan fingerprint density at radius 3 is 2.62 bits per heavy atom. The Kier molecular flexibility index (Phi) is 4.40. The lowest BCUT2D eigenvalue weighted by atomic mass is 10.1. The van der Waals surface area contributed by atoms with E-state index < -0.39 is 16.1 Å². The SMILES string of the molecule is Cc1noc(C)c1C(C)NS(=O)(=O)c1cc(N)ccc1Br. The topological polar surface area (TPSA) is 98.2 Å². The third-order valence-corrected chi connectivity index (χ3v) is 5.63. The molecule has 1 atom stereocenters. The first-order valence-corrected chi connectivity index (χ1v) is 8.50. The Balaban J connectivity index is 2.36. The van der Waals surface area contributed by atoms with Crippen LogP contribution in [0, 0.1) is 13.8 Å². The summed E-state index contributed by atoms with van der Waals surface area (Å²) in [5, 5.41) is 3.83. The van der Waals surface area contributed by atoms with Crippen LogP contribution in [0.5, 0.6) is 0 Å². The fourth-order valence-corrected chi connectivity index (χ4v) is 4.40. The monoisotopic (exact) mass is 373 g/mol. The van der Waals surface area contributed by atoms with Crippen LogP contribution >= 0.6 is 15.9 Å². The minimum absolute atomic E-state index is 0.0983. The normalized spacial score (nSPS) is 13.3. The molecule has 0 saturated heterocycles. The average Bonchev–Trinajstić information content (AvgIpc) is 2.71. The summed E-state index contributed by atoms with van der Waals surface area (Å²) in [6.45, 7) is 5.26. The summed E-state index contributed by atoms with van der Waals surface area (Å²) in [6.07, 6.45) is 0. The Bertz CT molecular complexity index is 751. The maximum atomic E-state index is 12.5. The smallest absolute Gasteiger partial charge is 0.242 e. The highest BCUT2D eigenvalue weighted by Gasteiger charge is 2.24. The van der Waals surface area contributed by atoms with Gasteiger partial charge < -0.3 is 10.3 Å². The van der Waals surface area contributed by atoms with E-state index in [0.717, 1.165) is 5.56 Å². The number of benzene rings is 1. The molecule has 0 spiro atoms. The van der Waals surface area contributed by atoms with Crippen LogP contribution in [-0.2, 0) is 10.0 Å². The summed E-state index contributed by atoms with van der Waals surface area (Å²) in [5.41, 5.74) is 7.43. The van der Waals surface area contributed by atoms with Crippen LogP contribution in [0.3, 0.4) is 0 Å². The van der Waals surface area contributed by atoms with E-state index in [9.17, 15) is 8.42 Å². The number of aromatic nitrogens is 1. The minimum atomic E-state index is -3.72. The molecule has 2 aromatic rings. The number of sulfonamides is 1.